The molecule has 1 heterocycles. The minimum absolute atomic E-state index is 0.137. The maximum atomic E-state index is 12.0. The lowest BCUT2D eigenvalue weighted by Crippen LogP contribution is -2.41. The van der Waals surface area contributed by atoms with Crippen molar-refractivity contribution in [2.24, 2.45) is 0 Å². The van der Waals surface area contributed by atoms with Crippen LogP contribution in [-0.2, 0) is 4.79 Å². The summed E-state index contributed by atoms with van der Waals surface area (Å²) in [5, 5.41) is 18.2. The monoisotopic (exact) mass is 238 g/mol. The van der Waals surface area contributed by atoms with Gasteiger partial charge in [-0.15, -0.1) is 0 Å². The molecule has 0 aliphatic heterocycles. The number of hydrogen-bond acceptors (Lipinski definition) is 4. The third-order valence-electron chi connectivity index (χ3n) is 2.18. The zero-order valence-corrected chi connectivity index (χ0v) is 9.62. The Hall–Kier alpha value is -2.11. The van der Waals surface area contributed by atoms with Crippen molar-refractivity contribution in [2.45, 2.75) is 19.9 Å². The van der Waals surface area contributed by atoms with Gasteiger partial charge in [-0.25, -0.2) is 4.98 Å². The van der Waals surface area contributed by atoms with E-state index < -0.39 is 18.4 Å². The van der Waals surface area contributed by atoms with E-state index in [-0.39, 0.29) is 17.5 Å². The summed E-state index contributed by atoms with van der Waals surface area (Å²) in [4.78, 5) is 27.5. The highest BCUT2D eigenvalue weighted by Crippen LogP contribution is 2.16. The summed E-state index contributed by atoms with van der Waals surface area (Å²) in [7, 11) is 0. The van der Waals surface area contributed by atoms with Crippen LogP contribution in [0.15, 0.2) is 18.3 Å². The van der Waals surface area contributed by atoms with Crippen LogP contribution in [0, 0.1) is 0 Å². The minimum atomic E-state index is -1.11. The van der Waals surface area contributed by atoms with Crippen LogP contribution in [0.1, 0.15) is 24.3 Å². The number of aromatic hydroxyl groups is 1. The molecule has 0 radical (unpaired) electrons. The molecule has 0 atom stereocenters. The molecule has 1 amide bonds. The van der Waals surface area contributed by atoms with Gasteiger partial charge in [-0.1, -0.05) is 0 Å². The van der Waals surface area contributed by atoms with E-state index in [1.807, 2.05) is 0 Å². The molecule has 0 bridgehead atoms. The summed E-state index contributed by atoms with van der Waals surface area (Å²) in [5.41, 5.74) is -0.137. The average molecular weight is 238 g/mol. The highest BCUT2D eigenvalue weighted by atomic mass is 16.4. The SMILES string of the molecule is CC(C)N(CC(=O)O)C(=O)c1ncccc1O. The summed E-state index contributed by atoms with van der Waals surface area (Å²) < 4.78 is 0. The molecule has 92 valence electrons. The van der Waals surface area contributed by atoms with Crippen molar-refractivity contribution in [3.8, 4) is 5.75 Å². The first kappa shape index (κ1) is 13.0. The second-order valence-corrected chi connectivity index (χ2v) is 3.79. The third kappa shape index (κ3) is 3.17. The fourth-order valence-corrected chi connectivity index (χ4v) is 1.33. The number of hydrogen-bond donors (Lipinski definition) is 2. The number of amides is 1. The predicted molar refractivity (Wildman–Crippen MR) is 59.7 cm³/mol. The number of carboxylic acid groups (broad SMARTS) is 1. The first-order chi connectivity index (χ1) is 7.93. The standard InChI is InChI=1S/C11H14N2O4/c1-7(2)13(6-9(15)16)11(17)10-8(14)4-3-5-12-10/h3-5,7,14H,6H2,1-2H3,(H,15,16). The van der Waals surface area contributed by atoms with Gasteiger partial charge >= 0.3 is 5.97 Å². The minimum Gasteiger partial charge on any atom is -0.505 e. The molecule has 6 nitrogen and oxygen atoms in total. The van der Waals surface area contributed by atoms with Crippen molar-refractivity contribution < 1.29 is 19.8 Å². The fraction of sp³-hybridized carbons (Fsp3) is 0.364. The van der Waals surface area contributed by atoms with Gasteiger partial charge in [0.15, 0.2) is 5.69 Å². The highest BCUT2D eigenvalue weighted by Gasteiger charge is 2.24. The maximum absolute atomic E-state index is 12.0. The number of carbonyl (C=O) groups excluding carboxylic acids is 1. The Bertz CT molecular complexity index is 431. The quantitative estimate of drug-likeness (QED) is 0.806. The van der Waals surface area contributed by atoms with Gasteiger partial charge in [0, 0.05) is 12.2 Å². The number of carbonyl (C=O) groups is 2. The van der Waals surface area contributed by atoms with Gasteiger partial charge in [0.25, 0.3) is 5.91 Å². The topological polar surface area (TPSA) is 90.7 Å². The smallest absolute Gasteiger partial charge is 0.323 e. The number of carboxylic acids is 1. The van der Waals surface area contributed by atoms with Crippen LogP contribution < -0.4 is 0 Å². The van der Waals surface area contributed by atoms with Gasteiger partial charge in [0.05, 0.1) is 0 Å². The molecule has 0 spiro atoms. The van der Waals surface area contributed by atoms with E-state index in [0.29, 0.717) is 0 Å². The van der Waals surface area contributed by atoms with Gasteiger partial charge in [-0.3, -0.25) is 9.59 Å². The Morgan fingerprint density at radius 3 is 2.59 bits per heavy atom. The van der Waals surface area contributed by atoms with Crippen LogP contribution >= 0.6 is 0 Å². The van der Waals surface area contributed by atoms with Crippen molar-refractivity contribution in [3.63, 3.8) is 0 Å². The van der Waals surface area contributed by atoms with Crippen LogP contribution in [-0.4, -0.2) is 44.6 Å². The van der Waals surface area contributed by atoms with Crippen LogP contribution in [0.5, 0.6) is 5.75 Å². The van der Waals surface area contributed by atoms with Gasteiger partial charge in [0.2, 0.25) is 0 Å². The number of nitrogens with zero attached hydrogens (tertiary/aromatic N) is 2. The highest BCUT2D eigenvalue weighted by molar-refractivity contribution is 5.96. The van der Waals surface area contributed by atoms with Crippen LogP contribution in [0.3, 0.4) is 0 Å². The van der Waals surface area contributed by atoms with Gasteiger partial charge < -0.3 is 15.1 Å². The van der Waals surface area contributed by atoms with Crippen LogP contribution in [0.2, 0.25) is 0 Å². The Labute approximate surface area is 98.5 Å². The second-order valence-electron chi connectivity index (χ2n) is 3.79. The van der Waals surface area contributed by atoms with Crippen molar-refractivity contribution in [1.82, 2.24) is 9.88 Å². The number of rotatable bonds is 4. The molecule has 0 fully saturated rings. The lowest BCUT2D eigenvalue weighted by molar-refractivity contribution is -0.138. The number of aromatic nitrogens is 1. The van der Waals surface area contributed by atoms with E-state index >= 15 is 0 Å². The molecule has 0 saturated heterocycles. The zero-order valence-electron chi connectivity index (χ0n) is 9.62. The fourth-order valence-electron chi connectivity index (χ4n) is 1.33. The molecule has 0 aliphatic carbocycles. The summed E-state index contributed by atoms with van der Waals surface area (Å²) in [6.45, 7) is 2.97. The largest absolute Gasteiger partial charge is 0.505 e. The molecule has 17 heavy (non-hydrogen) atoms. The molecule has 0 unspecified atom stereocenters. The maximum Gasteiger partial charge on any atom is 0.323 e. The average Bonchev–Trinajstić information content (AvgIpc) is 2.25. The second kappa shape index (κ2) is 5.29. The van der Waals surface area contributed by atoms with Crippen LogP contribution in [0.25, 0.3) is 0 Å². The van der Waals surface area contributed by atoms with E-state index in [1.54, 1.807) is 13.8 Å². The van der Waals surface area contributed by atoms with Gasteiger partial charge in [0.1, 0.15) is 12.3 Å². The van der Waals surface area contributed by atoms with E-state index in [9.17, 15) is 14.7 Å². The summed E-state index contributed by atoms with van der Waals surface area (Å²) in [6.07, 6.45) is 1.37. The molecular weight excluding hydrogens is 224 g/mol. The molecule has 2 N–H and O–H groups in total. The first-order valence-electron chi connectivity index (χ1n) is 5.10. The lowest BCUT2D eigenvalue weighted by Gasteiger charge is -2.24. The molecule has 6 heteroatoms. The van der Waals surface area contributed by atoms with Crippen LogP contribution in [0.4, 0.5) is 0 Å². The first-order valence-corrected chi connectivity index (χ1v) is 5.10. The van der Waals surface area contributed by atoms with E-state index in [0.717, 1.165) is 4.90 Å². The summed E-state index contributed by atoms with van der Waals surface area (Å²) in [6, 6.07) is 2.53. The number of aliphatic carboxylic acids is 1. The predicted octanol–water partition coefficient (Wildman–Crippen LogP) is 0.722. The molecular formula is C11H14N2O4. The Morgan fingerprint density at radius 2 is 2.12 bits per heavy atom. The number of pyridine rings is 1. The van der Waals surface area contributed by atoms with E-state index in [4.69, 9.17) is 5.11 Å². The van der Waals surface area contributed by atoms with Crippen molar-refractivity contribution in [3.05, 3.63) is 24.0 Å². The van der Waals surface area contributed by atoms with Crippen molar-refractivity contribution in [1.29, 1.82) is 0 Å². The molecule has 0 aromatic carbocycles. The van der Waals surface area contributed by atoms with Gasteiger partial charge in [-0.05, 0) is 26.0 Å². The van der Waals surface area contributed by atoms with Crippen molar-refractivity contribution >= 4 is 11.9 Å². The van der Waals surface area contributed by atoms with Crippen molar-refractivity contribution in [2.75, 3.05) is 6.54 Å². The molecule has 1 aromatic heterocycles. The van der Waals surface area contributed by atoms with E-state index in [2.05, 4.69) is 4.98 Å². The molecule has 0 saturated carbocycles. The zero-order chi connectivity index (χ0) is 13.0. The van der Waals surface area contributed by atoms with Gasteiger partial charge in [-0.2, -0.15) is 0 Å². The molecule has 0 aliphatic rings. The summed E-state index contributed by atoms with van der Waals surface area (Å²) >= 11 is 0. The molecule has 1 aromatic rings. The Morgan fingerprint density at radius 1 is 1.47 bits per heavy atom. The lowest BCUT2D eigenvalue weighted by atomic mass is 10.2. The Balaban J connectivity index is 3.00. The normalized spacial score (nSPS) is 10.3. The van der Waals surface area contributed by atoms with E-state index in [1.165, 1.54) is 18.3 Å². The summed E-state index contributed by atoms with van der Waals surface area (Å²) in [5.74, 6) is -1.96. The third-order valence-corrected chi connectivity index (χ3v) is 2.18. The Kier molecular flexibility index (Phi) is 4.03. The molecule has 1 rings (SSSR count).